The Bertz CT molecular complexity index is 1250. The lowest BCUT2D eigenvalue weighted by molar-refractivity contribution is -0.137. The summed E-state index contributed by atoms with van der Waals surface area (Å²) < 4.78 is 52.2. The minimum atomic E-state index is -4.41. The maximum absolute atomic E-state index is 13.1. The van der Waals surface area contributed by atoms with Crippen LogP contribution in [0.4, 0.5) is 18.9 Å². The van der Waals surface area contributed by atoms with Crippen molar-refractivity contribution >= 4 is 68.1 Å². The highest BCUT2D eigenvalue weighted by Gasteiger charge is 2.30. The van der Waals surface area contributed by atoms with Crippen molar-refractivity contribution in [3.8, 4) is 22.1 Å². The fourth-order valence-electron chi connectivity index (χ4n) is 3.90. The van der Waals surface area contributed by atoms with E-state index in [0.29, 0.717) is 57.0 Å². The average molecular weight is 787 g/mol. The van der Waals surface area contributed by atoms with Crippen molar-refractivity contribution < 1.29 is 27.4 Å². The van der Waals surface area contributed by atoms with E-state index >= 15 is 0 Å². The summed E-state index contributed by atoms with van der Waals surface area (Å²) in [6, 6.07) is 10.7. The second-order valence-electron chi connectivity index (χ2n) is 8.92. The first-order valence-electron chi connectivity index (χ1n) is 12.1. The van der Waals surface area contributed by atoms with Gasteiger partial charge in [-0.2, -0.15) is 13.2 Å². The van der Waals surface area contributed by atoms with Crippen LogP contribution in [0, 0.1) is 6.92 Å². The summed E-state index contributed by atoms with van der Waals surface area (Å²) in [6.07, 6.45) is -4.41. The molecule has 2 atom stereocenters. The monoisotopic (exact) mass is 787 g/mol. The zero-order valence-corrected chi connectivity index (χ0v) is 27.1. The third-order valence-electron chi connectivity index (χ3n) is 6.07. The van der Waals surface area contributed by atoms with Gasteiger partial charge in [0.15, 0.2) is 11.5 Å². The van der Waals surface area contributed by atoms with Gasteiger partial charge in [-0.3, -0.25) is 9.69 Å². The number of amides is 1. The molecule has 0 saturated heterocycles. The lowest BCUT2D eigenvalue weighted by Crippen LogP contribution is -2.44. The van der Waals surface area contributed by atoms with E-state index in [1.807, 2.05) is 0 Å². The summed E-state index contributed by atoms with van der Waals surface area (Å²) in [7, 11) is 1.56. The van der Waals surface area contributed by atoms with E-state index in [2.05, 4.69) is 74.2 Å². The average Bonchev–Trinajstić information content (AvgIpc) is 3.31. The first-order valence-corrected chi connectivity index (χ1v) is 16.0. The first kappa shape index (κ1) is 31.9. The number of aryl methyl sites for hydroxylation is 1. The Morgan fingerprint density at radius 3 is 2.28 bits per heavy atom. The van der Waals surface area contributed by atoms with Crippen LogP contribution >= 0.6 is 56.5 Å². The highest BCUT2D eigenvalue weighted by molar-refractivity contribution is 14.1. The van der Waals surface area contributed by atoms with Crippen molar-refractivity contribution in [3.05, 3.63) is 58.6 Å². The lowest BCUT2D eigenvalue weighted by atomic mass is 10.1. The zero-order valence-electron chi connectivity index (χ0n) is 21.9. The summed E-state index contributed by atoms with van der Waals surface area (Å²) in [5.74, 6) is 0.713. The third kappa shape index (κ3) is 8.43. The molecule has 0 fully saturated rings. The van der Waals surface area contributed by atoms with Crippen molar-refractivity contribution in [2.75, 3.05) is 34.4 Å². The predicted octanol–water partition coefficient (Wildman–Crippen LogP) is 7.73. The van der Waals surface area contributed by atoms with Crippen molar-refractivity contribution in [2.45, 2.75) is 39.0 Å². The van der Waals surface area contributed by atoms with Gasteiger partial charge >= 0.3 is 6.18 Å². The normalized spacial score (nSPS) is 13.3. The third-order valence-corrected chi connectivity index (χ3v) is 9.82. The number of carbonyl (C=O) groups excluding carboxylic acids is 1. The van der Waals surface area contributed by atoms with Crippen molar-refractivity contribution in [1.29, 1.82) is 0 Å². The minimum absolute atomic E-state index is 0.364. The van der Waals surface area contributed by atoms with E-state index in [9.17, 15) is 18.0 Å². The van der Waals surface area contributed by atoms with E-state index in [1.165, 1.54) is 12.1 Å². The van der Waals surface area contributed by atoms with Gasteiger partial charge in [0.05, 0.1) is 18.4 Å². The number of ether oxygens (including phenoxy) is 2. The minimum Gasteiger partial charge on any atom is -0.493 e. The number of aromatic nitrogens is 1. The van der Waals surface area contributed by atoms with Crippen molar-refractivity contribution in [2.24, 2.45) is 0 Å². The van der Waals surface area contributed by atoms with Gasteiger partial charge in [-0.1, -0.05) is 57.3 Å². The smallest absolute Gasteiger partial charge is 0.416 e. The first-order chi connectivity index (χ1) is 18.5. The molecule has 3 rings (SSSR count). The number of benzene rings is 2. The molecule has 2 unspecified atom stereocenters. The SMILES string of the molecule is COc1ccc(NC(=O)c2sc(-c3ccc(C(F)(F)F)cc3)nc2C)cc1OCCN(C(C)CI)C(C)CI. The molecule has 6 nitrogen and oxygen atoms in total. The molecule has 12 heteroatoms. The second kappa shape index (κ2) is 14.3. The summed E-state index contributed by atoms with van der Waals surface area (Å²) in [5.41, 5.74) is 0.795. The van der Waals surface area contributed by atoms with Crippen LogP contribution < -0.4 is 14.8 Å². The molecule has 0 aliphatic rings. The highest BCUT2D eigenvalue weighted by Crippen LogP contribution is 2.34. The fourth-order valence-corrected chi connectivity index (χ4v) is 5.88. The number of alkyl halides is 5. The van der Waals surface area contributed by atoms with Gasteiger partial charge in [0.1, 0.15) is 16.5 Å². The zero-order chi connectivity index (χ0) is 28.7. The van der Waals surface area contributed by atoms with E-state index in [1.54, 1.807) is 32.2 Å². The molecular weight excluding hydrogens is 757 g/mol. The van der Waals surface area contributed by atoms with Gasteiger partial charge in [0, 0.05) is 44.8 Å². The van der Waals surface area contributed by atoms with Crippen LogP contribution in [-0.4, -0.2) is 57.0 Å². The Labute approximate surface area is 258 Å². The summed E-state index contributed by atoms with van der Waals surface area (Å²) in [6.45, 7) is 7.31. The maximum Gasteiger partial charge on any atom is 0.416 e. The molecule has 0 radical (unpaired) electrons. The van der Waals surface area contributed by atoms with Crippen LogP contribution in [0.3, 0.4) is 0 Å². The number of nitrogens with zero attached hydrogens (tertiary/aromatic N) is 2. The molecule has 39 heavy (non-hydrogen) atoms. The highest BCUT2D eigenvalue weighted by atomic mass is 127. The van der Waals surface area contributed by atoms with Crippen LogP contribution in [0.2, 0.25) is 0 Å². The summed E-state index contributed by atoms with van der Waals surface area (Å²) >= 11 is 5.91. The van der Waals surface area contributed by atoms with E-state index in [-0.39, 0.29) is 5.91 Å². The van der Waals surface area contributed by atoms with Crippen LogP contribution in [0.15, 0.2) is 42.5 Å². The molecule has 1 N–H and O–H groups in total. The number of nitrogens with one attached hydrogen (secondary N) is 1. The Morgan fingerprint density at radius 1 is 1.08 bits per heavy atom. The molecule has 2 aromatic carbocycles. The van der Waals surface area contributed by atoms with Gasteiger partial charge in [0.25, 0.3) is 5.91 Å². The van der Waals surface area contributed by atoms with Crippen LogP contribution in [0.1, 0.15) is 34.8 Å². The van der Waals surface area contributed by atoms with Crippen molar-refractivity contribution in [3.63, 3.8) is 0 Å². The molecular formula is C27H30F3I2N3O3S. The number of hydrogen-bond donors (Lipinski definition) is 1. The number of hydrogen-bond acceptors (Lipinski definition) is 6. The van der Waals surface area contributed by atoms with Crippen LogP contribution in [-0.2, 0) is 6.18 Å². The predicted molar refractivity (Wildman–Crippen MR) is 167 cm³/mol. The molecule has 1 heterocycles. The van der Waals surface area contributed by atoms with Gasteiger partial charge in [-0.25, -0.2) is 4.98 Å². The Balaban J connectivity index is 1.72. The molecule has 0 aliphatic carbocycles. The summed E-state index contributed by atoms with van der Waals surface area (Å²) in [4.78, 5) is 20.3. The number of carbonyl (C=O) groups is 1. The lowest BCUT2D eigenvalue weighted by Gasteiger charge is -2.32. The van der Waals surface area contributed by atoms with Crippen LogP contribution in [0.25, 0.3) is 10.6 Å². The van der Waals surface area contributed by atoms with Gasteiger partial charge < -0.3 is 14.8 Å². The van der Waals surface area contributed by atoms with E-state index < -0.39 is 11.7 Å². The Kier molecular flexibility index (Phi) is 11.7. The Morgan fingerprint density at radius 2 is 1.72 bits per heavy atom. The molecule has 0 aliphatic heterocycles. The number of thiazole rings is 1. The topological polar surface area (TPSA) is 63.7 Å². The number of rotatable bonds is 12. The molecule has 1 amide bonds. The molecule has 3 aromatic rings. The van der Waals surface area contributed by atoms with Gasteiger partial charge in [0.2, 0.25) is 0 Å². The molecule has 0 spiro atoms. The fraction of sp³-hybridized carbons (Fsp3) is 0.407. The van der Waals surface area contributed by atoms with E-state index in [4.69, 9.17) is 9.47 Å². The number of anilines is 1. The Hall–Kier alpha value is -1.65. The number of halogens is 5. The quantitative estimate of drug-likeness (QED) is 0.151. The molecule has 1 aromatic heterocycles. The van der Waals surface area contributed by atoms with Crippen molar-refractivity contribution in [1.82, 2.24) is 9.88 Å². The number of methoxy groups -OCH3 is 1. The molecule has 212 valence electrons. The van der Waals surface area contributed by atoms with Crippen LogP contribution in [0.5, 0.6) is 11.5 Å². The maximum atomic E-state index is 13.1. The molecule has 0 saturated carbocycles. The summed E-state index contributed by atoms with van der Waals surface area (Å²) in [5, 5.41) is 3.34. The molecule has 0 bridgehead atoms. The largest absolute Gasteiger partial charge is 0.493 e. The standard InChI is InChI=1S/C27H30F3I2N3O3S/c1-16(14-31)35(17(2)15-32)11-12-38-23-13-21(9-10-22(23)37-4)34-25(36)24-18(3)33-26(39-24)19-5-7-20(8-6-19)27(28,29)30/h5-10,13,16-17H,11-12,14-15H2,1-4H3,(H,34,36). The van der Waals surface area contributed by atoms with Gasteiger partial charge in [-0.15, -0.1) is 11.3 Å². The van der Waals surface area contributed by atoms with E-state index in [0.717, 1.165) is 38.9 Å². The second-order valence-corrected chi connectivity index (χ2v) is 11.7. The van der Waals surface area contributed by atoms with Gasteiger partial charge in [-0.05, 0) is 45.0 Å².